The Morgan fingerprint density at radius 3 is 2.68 bits per heavy atom. The fraction of sp³-hybridized carbons (Fsp3) is 0.474. The summed E-state index contributed by atoms with van der Waals surface area (Å²) in [6.07, 6.45) is -2.59. The van der Waals surface area contributed by atoms with Gasteiger partial charge in [-0.25, -0.2) is 4.98 Å². The second-order valence-electron chi connectivity index (χ2n) is 6.35. The van der Waals surface area contributed by atoms with Gasteiger partial charge in [0.05, 0.1) is 5.01 Å². The SMILES string of the molecule is CN=C(NCCCc1nc(C)cs1)NCc1ccc(C)cc1OCC(F)(F)F. The number of alkyl halides is 3. The van der Waals surface area contributed by atoms with Gasteiger partial charge in [0.25, 0.3) is 0 Å². The highest BCUT2D eigenvalue weighted by Gasteiger charge is 2.28. The Balaban J connectivity index is 1.83. The van der Waals surface area contributed by atoms with Gasteiger partial charge in [0, 0.05) is 43.2 Å². The van der Waals surface area contributed by atoms with Crippen LogP contribution in [0.25, 0.3) is 0 Å². The summed E-state index contributed by atoms with van der Waals surface area (Å²) in [5.74, 6) is 0.803. The largest absolute Gasteiger partial charge is 0.484 e. The van der Waals surface area contributed by atoms with Crippen LogP contribution in [-0.2, 0) is 13.0 Å². The molecule has 1 aromatic heterocycles. The smallest absolute Gasteiger partial charge is 0.422 e. The molecular formula is C19H25F3N4OS. The number of aliphatic imine (C=N–C) groups is 1. The lowest BCUT2D eigenvalue weighted by molar-refractivity contribution is -0.153. The molecule has 9 heteroatoms. The summed E-state index contributed by atoms with van der Waals surface area (Å²) in [6, 6.07) is 5.20. The van der Waals surface area contributed by atoms with Crippen LogP contribution >= 0.6 is 11.3 Å². The van der Waals surface area contributed by atoms with Crippen LogP contribution in [0.2, 0.25) is 0 Å². The number of halogens is 3. The van der Waals surface area contributed by atoms with E-state index in [9.17, 15) is 13.2 Å². The van der Waals surface area contributed by atoms with Crippen LogP contribution < -0.4 is 15.4 Å². The van der Waals surface area contributed by atoms with Crippen LogP contribution in [0, 0.1) is 13.8 Å². The summed E-state index contributed by atoms with van der Waals surface area (Å²) in [7, 11) is 1.65. The van der Waals surface area contributed by atoms with Crippen molar-refractivity contribution < 1.29 is 17.9 Å². The topological polar surface area (TPSA) is 58.5 Å². The van der Waals surface area contributed by atoms with E-state index < -0.39 is 12.8 Å². The number of benzene rings is 1. The van der Waals surface area contributed by atoms with Crippen LogP contribution in [0.3, 0.4) is 0 Å². The quantitative estimate of drug-likeness (QED) is 0.390. The molecule has 0 unspecified atom stereocenters. The third-order valence-electron chi connectivity index (χ3n) is 3.81. The predicted octanol–water partition coefficient (Wildman–Crippen LogP) is 4.00. The third-order valence-corrected chi connectivity index (χ3v) is 4.84. The number of rotatable bonds is 8. The van der Waals surface area contributed by atoms with Gasteiger partial charge in [-0.15, -0.1) is 11.3 Å². The molecule has 2 rings (SSSR count). The fourth-order valence-corrected chi connectivity index (χ4v) is 3.28. The van der Waals surface area contributed by atoms with Crippen LogP contribution in [0.1, 0.15) is 28.2 Å². The molecule has 2 N–H and O–H groups in total. The maximum Gasteiger partial charge on any atom is 0.422 e. The summed E-state index contributed by atoms with van der Waals surface area (Å²) < 4.78 is 42.4. The fourth-order valence-electron chi connectivity index (χ4n) is 2.47. The Kier molecular flexibility index (Phi) is 8.10. The average Bonchev–Trinajstić information content (AvgIpc) is 3.05. The molecule has 0 amide bonds. The van der Waals surface area contributed by atoms with Crippen molar-refractivity contribution in [2.45, 2.75) is 39.4 Å². The van der Waals surface area contributed by atoms with E-state index in [0.29, 0.717) is 24.6 Å². The number of guanidine groups is 1. The van der Waals surface area contributed by atoms with Crippen LogP contribution in [0.5, 0.6) is 5.75 Å². The molecule has 0 atom stereocenters. The zero-order chi connectivity index (χ0) is 20.6. The van der Waals surface area contributed by atoms with Gasteiger partial charge in [0.15, 0.2) is 12.6 Å². The highest BCUT2D eigenvalue weighted by molar-refractivity contribution is 7.09. The minimum Gasteiger partial charge on any atom is -0.484 e. The van der Waals surface area contributed by atoms with E-state index >= 15 is 0 Å². The number of nitrogens with zero attached hydrogens (tertiary/aromatic N) is 2. The molecule has 5 nitrogen and oxygen atoms in total. The van der Waals surface area contributed by atoms with Gasteiger partial charge in [0.2, 0.25) is 0 Å². The molecule has 0 fully saturated rings. The van der Waals surface area contributed by atoms with Crippen molar-refractivity contribution in [3.05, 3.63) is 45.4 Å². The molecule has 28 heavy (non-hydrogen) atoms. The van der Waals surface area contributed by atoms with E-state index in [4.69, 9.17) is 4.74 Å². The number of thiazole rings is 1. The number of hydrogen-bond donors (Lipinski definition) is 2. The summed E-state index contributed by atoms with van der Waals surface area (Å²) in [5, 5.41) is 9.44. The average molecular weight is 414 g/mol. The molecule has 0 radical (unpaired) electrons. The zero-order valence-corrected chi connectivity index (χ0v) is 17.0. The van der Waals surface area contributed by atoms with Gasteiger partial charge in [0.1, 0.15) is 5.75 Å². The zero-order valence-electron chi connectivity index (χ0n) is 16.2. The highest BCUT2D eigenvalue weighted by atomic mass is 32.1. The second-order valence-corrected chi connectivity index (χ2v) is 7.30. The first-order valence-corrected chi connectivity index (χ1v) is 9.79. The van der Waals surface area contributed by atoms with Gasteiger partial charge in [-0.2, -0.15) is 13.2 Å². The molecule has 1 heterocycles. The maximum absolute atomic E-state index is 12.5. The third kappa shape index (κ3) is 7.75. The summed E-state index contributed by atoms with van der Waals surface area (Å²) >= 11 is 1.65. The molecule has 0 aliphatic rings. The molecule has 0 spiro atoms. The van der Waals surface area contributed by atoms with E-state index in [2.05, 4.69) is 20.6 Å². The van der Waals surface area contributed by atoms with Gasteiger partial charge in [-0.1, -0.05) is 12.1 Å². The Hall–Kier alpha value is -2.29. The van der Waals surface area contributed by atoms with Gasteiger partial charge in [-0.3, -0.25) is 4.99 Å². The Bertz CT molecular complexity index is 790. The van der Waals surface area contributed by atoms with E-state index in [-0.39, 0.29) is 5.75 Å². The maximum atomic E-state index is 12.5. The minimum absolute atomic E-state index is 0.222. The normalized spacial score (nSPS) is 12.1. The number of aryl methyl sites for hydroxylation is 3. The molecule has 154 valence electrons. The van der Waals surface area contributed by atoms with Crippen molar-refractivity contribution in [1.82, 2.24) is 15.6 Å². The number of hydrogen-bond acceptors (Lipinski definition) is 4. The highest BCUT2D eigenvalue weighted by Crippen LogP contribution is 2.23. The first-order chi connectivity index (χ1) is 13.3. The van der Waals surface area contributed by atoms with Crippen molar-refractivity contribution in [2.75, 3.05) is 20.2 Å². The molecule has 0 saturated heterocycles. The second kappa shape index (κ2) is 10.3. The van der Waals surface area contributed by atoms with E-state index in [1.807, 2.05) is 25.3 Å². The Morgan fingerprint density at radius 2 is 2.04 bits per heavy atom. The van der Waals surface area contributed by atoms with Crippen LogP contribution in [0.15, 0.2) is 28.6 Å². The molecule has 0 aliphatic carbocycles. The molecular weight excluding hydrogens is 389 g/mol. The lowest BCUT2D eigenvalue weighted by atomic mass is 10.1. The standard InChI is InChI=1S/C19H25F3N4OS/c1-13-6-7-15(16(9-13)27-12-19(20,21)22)10-25-18(23-3)24-8-4-5-17-26-14(2)11-28-17/h6-7,9,11H,4-5,8,10,12H2,1-3H3,(H2,23,24,25). The van der Waals surface area contributed by atoms with Gasteiger partial charge in [-0.05, 0) is 31.9 Å². The monoisotopic (exact) mass is 414 g/mol. The molecule has 0 aliphatic heterocycles. The number of aromatic nitrogens is 1. The summed E-state index contributed by atoms with van der Waals surface area (Å²) in [6.45, 7) is 3.49. The van der Waals surface area contributed by atoms with E-state index in [0.717, 1.165) is 29.1 Å². The van der Waals surface area contributed by atoms with E-state index in [1.165, 1.54) is 0 Å². The van der Waals surface area contributed by atoms with E-state index in [1.54, 1.807) is 30.5 Å². The van der Waals surface area contributed by atoms with Crippen LogP contribution in [0.4, 0.5) is 13.2 Å². The lowest BCUT2D eigenvalue weighted by Gasteiger charge is -2.16. The van der Waals surface area contributed by atoms with Crippen molar-refractivity contribution in [3.63, 3.8) is 0 Å². The Labute approximate surface area is 167 Å². The molecule has 1 aromatic carbocycles. The molecule has 2 aromatic rings. The summed E-state index contributed by atoms with van der Waals surface area (Å²) in [5.41, 5.74) is 2.50. The van der Waals surface area contributed by atoms with Crippen molar-refractivity contribution in [2.24, 2.45) is 4.99 Å². The van der Waals surface area contributed by atoms with Crippen LogP contribution in [-0.4, -0.2) is 37.3 Å². The minimum atomic E-state index is -4.37. The van der Waals surface area contributed by atoms with Crippen molar-refractivity contribution in [1.29, 1.82) is 0 Å². The van der Waals surface area contributed by atoms with Crippen molar-refractivity contribution >= 4 is 17.3 Å². The molecule has 0 bridgehead atoms. The predicted molar refractivity (Wildman–Crippen MR) is 106 cm³/mol. The first kappa shape index (κ1) is 22.0. The Morgan fingerprint density at radius 1 is 1.25 bits per heavy atom. The number of ether oxygens (including phenoxy) is 1. The summed E-state index contributed by atoms with van der Waals surface area (Å²) in [4.78, 5) is 8.57. The molecule has 0 saturated carbocycles. The lowest BCUT2D eigenvalue weighted by Crippen LogP contribution is -2.37. The first-order valence-electron chi connectivity index (χ1n) is 8.91. The van der Waals surface area contributed by atoms with Gasteiger partial charge >= 0.3 is 6.18 Å². The van der Waals surface area contributed by atoms with Crippen molar-refractivity contribution in [3.8, 4) is 5.75 Å². The van der Waals surface area contributed by atoms with Gasteiger partial charge < -0.3 is 15.4 Å². The number of nitrogens with one attached hydrogen (secondary N) is 2.